The number of fused-ring (bicyclic) bond motifs is 1. The Labute approximate surface area is 88.5 Å². The van der Waals surface area contributed by atoms with Gasteiger partial charge in [0, 0.05) is 30.9 Å². The number of nitrogens with two attached hydrogens (primary N) is 1. The van der Waals surface area contributed by atoms with Gasteiger partial charge in [0.2, 0.25) is 0 Å². The summed E-state index contributed by atoms with van der Waals surface area (Å²) in [5, 5.41) is 5.33. The van der Waals surface area contributed by atoms with Crippen LogP contribution in [0.1, 0.15) is 18.7 Å². The van der Waals surface area contributed by atoms with Gasteiger partial charge in [-0.05, 0) is 13.0 Å². The second kappa shape index (κ2) is 3.94. The molecule has 0 bridgehead atoms. The molecule has 0 aliphatic rings. The molecule has 4 nitrogen and oxygen atoms in total. The van der Waals surface area contributed by atoms with Gasteiger partial charge in [0.05, 0.1) is 11.2 Å². The van der Waals surface area contributed by atoms with Gasteiger partial charge in [0.25, 0.3) is 0 Å². The van der Waals surface area contributed by atoms with Crippen LogP contribution in [-0.4, -0.2) is 14.8 Å². The van der Waals surface area contributed by atoms with Gasteiger partial charge in [-0.25, -0.2) is 0 Å². The third kappa shape index (κ3) is 1.86. The summed E-state index contributed by atoms with van der Waals surface area (Å²) in [6.45, 7) is 1.91. The van der Waals surface area contributed by atoms with Gasteiger partial charge in [0.15, 0.2) is 0 Å². The number of hydrogen-bond acceptors (Lipinski definition) is 3. The standard InChI is InChI=1S/C9H12N4.ClH/c1-6(10)8-3-9-7(4-11-8)5-13(2)12-9;/h3-6H,10H2,1-2H3;1H/t6-;/m1./s1. The van der Waals surface area contributed by atoms with Crippen LogP contribution >= 0.6 is 12.4 Å². The number of pyridine rings is 1. The Morgan fingerprint density at radius 2 is 2.21 bits per heavy atom. The Morgan fingerprint density at radius 3 is 2.86 bits per heavy atom. The zero-order valence-corrected chi connectivity index (χ0v) is 8.95. The summed E-state index contributed by atoms with van der Waals surface area (Å²) < 4.78 is 1.78. The van der Waals surface area contributed by atoms with E-state index in [1.54, 1.807) is 10.9 Å². The maximum absolute atomic E-state index is 5.71. The first-order valence-corrected chi connectivity index (χ1v) is 4.21. The molecule has 1 atom stereocenters. The lowest BCUT2D eigenvalue weighted by atomic mass is 10.2. The lowest BCUT2D eigenvalue weighted by Gasteiger charge is -2.02. The van der Waals surface area contributed by atoms with Crippen molar-refractivity contribution in [3.05, 3.63) is 24.2 Å². The van der Waals surface area contributed by atoms with Crippen molar-refractivity contribution in [1.82, 2.24) is 14.8 Å². The molecule has 0 aromatic carbocycles. The van der Waals surface area contributed by atoms with Crippen LogP contribution in [0, 0.1) is 0 Å². The van der Waals surface area contributed by atoms with E-state index in [2.05, 4.69) is 10.1 Å². The minimum absolute atomic E-state index is 0. The fourth-order valence-corrected chi connectivity index (χ4v) is 1.31. The van der Waals surface area contributed by atoms with Crippen LogP contribution in [0.5, 0.6) is 0 Å². The molecule has 14 heavy (non-hydrogen) atoms. The van der Waals surface area contributed by atoms with Crippen LogP contribution in [0.4, 0.5) is 0 Å². The molecule has 0 unspecified atom stereocenters. The molecule has 0 spiro atoms. The minimum atomic E-state index is -0.0357. The Kier molecular flexibility index (Phi) is 3.08. The molecular weight excluding hydrogens is 200 g/mol. The number of nitrogens with zero attached hydrogens (tertiary/aromatic N) is 3. The largest absolute Gasteiger partial charge is 0.323 e. The molecule has 0 saturated carbocycles. The normalized spacial score (nSPS) is 12.5. The molecule has 0 aliphatic carbocycles. The second-order valence-electron chi connectivity index (χ2n) is 3.26. The predicted molar refractivity (Wildman–Crippen MR) is 58.4 cm³/mol. The van der Waals surface area contributed by atoms with E-state index in [0.717, 1.165) is 16.6 Å². The van der Waals surface area contributed by atoms with Gasteiger partial charge in [-0.2, -0.15) is 5.10 Å². The van der Waals surface area contributed by atoms with Crippen LogP contribution in [0.2, 0.25) is 0 Å². The summed E-state index contributed by atoms with van der Waals surface area (Å²) in [7, 11) is 1.89. The summed E-state index contributed by atoms with van der Waals surface area (Å²) >= 11 is 0. The predicted octanol–water partition coefficient (Wildman–Crippen LogP) is 1.41. The van der Waals surface area contributed by atoms with Crippen LogP contribution < -0.4 is 5.73 Å². The highest BCUT2D eigenvalue weighted by Crippen LogP contribution is 2.14. The fraction of sp³-hybridized carbons (Fsp3) is 0.333. The molecule has 0 fully saturated rings. The topological polar surface area (TPSA) is 56.7 Å². The Morgan fingerprint density at radius 1 is 1.50 bits per heavy atom. The molecule has 2 N–H and O–H groups in total. The van der Waals surface area contributed by atoms with Crippen LogP contribution in [0.15, 0.2) is 18.5 Å². The molecule has 0 saturated heterocycles. The minimum Gasteiger partial charge on any atom is -0.323 e. The highest BCUT2D eigenvalue weighted by Gasteiger charge is 2.04. The van der Waals surface area contributed by atoms with Gasteiger partial charge < -0.3 is 5.73 Å². The molecule has 0 amide bonds. The lowest BCUT2D eigenvalue weighted by molar-refractivity contribution is 0.773. The first-order valence-electron chi connectivity index (χ1n) is 4.21. The number of rotatable bonds is 1. The Balaban J connectivity index is 0.000000980. The summed E-state index contributed by atoms with van der Waals surface area (Å²) in [5.41, 5.74) is 7.54. The van der Waals surface area contributed by atoms with Gasteiger partial charge in [0.1, 0.15) is 0 Å². The van der Waals surface area contributed by atoms with Crippen molar-refractivity contribution in [2.45, 2.75) is 13.0 Å². The lowest BCUT2D eigenvalue weighted by Crippen LogP contribution is -2.06. The van der Waals surface area contributed by atoms with Crippen LogP contribution in [-0.2, 0) is 7.05 Å². The Hall–Kier alpha value is -1.13. The van der Waals surface area contributed by atoms with Crippen molar-refractivity contribution in [2.75, 3.05) is 0 Å². The van der Waals surface area contributed by atoms with Gasteiger partial charge >= 0.3 is 0 Å². The molecular formula is C9H13ClN4. The molecule has 5 heteroatoms. The van der Waals surface area contributed by atoms with Gasteiger partial charge in [-0.15, -0.1) is 12.4 Å². The SMILES string of the molecule is C[C@@H](N)c1cc2nn(C)cc2cn1.Cl. The number of hydrogen-bond donors (Lipinski definition) is 1. The van der Waals surface area contributed by atoms with Crippen molar-refractivity contribution < 1.29 is 0 Å². The molecule has 76 valence electrons. The second-order valence-corrected chi connectivity index (χ2v) is 3.26. The van der Waals surface area contributed by atoms with E-state index < -0.39 is 0 Å². The van der Waals surface area contributed by atoms with E-state index in [9.17, 15) is 0 Å². The van der Waals surface area contributed by atoms with E-state index in [4.69, 9.17) is 5.73 Å². The third-order valence-electron chi connectivity index (χ3n) is 1.99. The molecule has 2 rings (SSSR count). The number of halogens is 1. The number of aryl methyl sites for hydroxylation is 1. The van der Waals surface area contributed by atoms with E-state index in [0.29, 0.717) is 0 Å². The first kappa shape index (κ1) is 10.9. The zero-order valence-electron chi connectivity index (χ0n) is 8.14. The van der Waals surface area contributed by atoms with Crippen molar-refractivity contribution in [2.24, 2.45) is 12.8 Å². The molecule has 0 radical (unpaired) electrons. The third-order valence-corrected chi connectivity index (χ3v) is 1.99. The average Bonchev–Trinajstić information content (AvgIpc) is 2.42. The first-order chi connectivity index (χ1) is 6.16. The summed E-state index contributed by atoms with van der Waals surface area (Å²) in [6, 6.07) is 1.89. The summed E-state index contributed by atoms with van der Waals surface area (Å²) in [4.78, 5) is 4.24. The van der Waals surface area contributed by atoms with Crippen LogP contribution in [0.25, 0.3) is 10.9 Å². The smallest absolute Gasteiger partial charge is 0.0957 e. The zero-order chi connectivity index (χ0) is 9.42. The summed E-state index contributed by atoms with van der Waals surface area (Å²) in [6.07, 6.45) is 3.74. The van der Waals surface area contributed by atoms with E-state index in [1.807, 2.05) is 26.2 Å². The van der Waals surface area contributed by atoms with E-state index >= 15 is 0 Å². The van der Waals surface area contributed by atoms with Crippen LogP contribution in [0.3, 0.4) is 0 Å². The van der Waals surface area contributed by atoms with E-state index in [1.165, 1.54) is 0 Å². The van der Waals surface area contributed by atoms with E-state index in [-0.39, 0.29) is 18.4 Å². The maximum Gasteiger partial charge on any atom is 0.0957 e. The summed E-state index contributed by atoms with van der Waals surface area (Å²) in [5.74, 6) is 0. The molecule has 0 aliphatic heterocycles. The average molecular weight is 213 g/mol. The van der Waals surface area contributed by atoms with Crippen molar-refractivity contribution in [3.8, 4) is 0 Å². The molecule has 2 aromatic rings. The fourth-order valence-electron chi connectivity index (χ4n) is 1.31. The quantitative estimate of drug-likeness (QED) is 0.778. The van der Waals surface area contributed by atoms with Crippen molar-refractivity contribution >= 4 is 23.3 Å². The molecule has 2 aromatic heterocycles. The molecule has 2 heterocycles. The van der Waals surface area contributed by atoms with Gasteiger partial charge in [-0.3, -0.25) is 9.67 Å². The van der Waals surface area contributed by atoms with Crippen molar-refractivity contribution in [3.63, 3.8) is 0 Å². The van der Waals surface area contributed by atoms with Crippen molar-refractivity contribution in [1.29, 1.82) is 0 Å². The number of aromatic nitrogens is 3. The maximum atomic E-state index is 5.71. The highest BCUT2D eigenvalue weighted by molar-refractivity contribution is 5.85. The highest BCUT2D eigenvalue weighted by atomic mass is 35.5. The monoisotopic (exact) mass is 212 g/mol. The van der Waals surface area contributed by atoms with Gasteiger partial charge in [-0.1, -0.05) is 0 Å². The Bertz CT molecular complexity index is 435.